The van der Waals surface area contributed by atoms with Crippen LogP contribution in [-0.2, 0) is 6.54 Å². The van der Waals surface area contributed by atoms with Gasteiger partial charge in [0.05, 0.1) is 42.2 Å². The molecule has 0 spiro atoms. The Labute approximate surface area is 188 Å². The van der Waals surface area contributed by atoms with Gasteiger partial charge in [-0.15, -0.1) is 0 Å². The third kappa shape index (κ3) is 4.94. The smallest absolute Gasteiger partial charge is 0.261 e. The van der Waals surface area contributed by atoms with Crippen molar-refractivity contribution < 1.29 is 9.53 Å². The molecule has 8 nitrogen and oxygen atoms in total. The maximum atomic E-state index is 12.9. The van der Waals surface area contributed by atoms with Crippen molar-refractivity contribution in [3.05, 3.63) is 68.8 Å². The summed E-state index contributed by atoms with van der Waals surface area (Å²) in [4.78, 5) is 21.1. The molecule has 0 fully saturated rings. The van der Waals surface area contributed by atoms with E-state index in [1.165, 1.54) is 11.5 Å². The van der Waals surface area contributed by atoms with Gasteiger partial charge in [-0.05, 0) is 60.4 Å². The lowest BCUT2D eigenvalue weighted by Crippen LogP contribution is -2.37. The van der Waals surface area contributed by atoms with E-state index in [1.54, 1.807) is 31.4 Å². The molecular formula is C21H19ClN6O2S. The topological polar surface area (TPSA) is 120 Å². The number of hydrogen-bond donors (Lipinski definition) is 3. The second-order valence-corrected chi connectivity index (χ2v) is 7.85. The Morgan fingerprint density at radius 3 is 2.71 bits per heavy atom. The predicted molar refractivity (Wildman–Crippen MR) is 124 cm³/mol. The molecule has 158 valence electrons. The van der Waals surface area contributed by atoms with Crippen molar-refractivity contribution >= 4 is 46.4 Å². The van der Waals surface area contributed by atoms with Gasteiger partial charge in [0, 0.05) is 10.4 Å². The van der Waals surface area contributed by atoms with Crippen LogP contribution < -0.4 is 21.5 Å². The minimum absolute atomic E-state index is 0.0615. The molecule has 0 aliphatic rings. The molecule has 1 amide bonds. The highest BCUT2D eigenvalue weighted by molar-refractivity contribution is 7.06. The summed E-state index contributed by atoms with van der Waals surface area (Å²) in [7, 11) is 1.59. The summed E-state index contributed by atoms with van der Waals surface area (Å²) in [5, 5.41) is 2.86. The number of methoxy groups -OCH3 is 1. The summed E-state index contributed by atoms with van der Waals surface area (Å²) in [6, 6.07) is 10.5. The maximum Gasteiger partial charge on any atom is 0.261 e. The number of aliphatic imine (C=N–C) groups is 1. The van der Waals surface area contributed by atoms with Crippen molar-refractivity contribution in [2.75, 3.05) is 12.8 Å². The predicted octanol–water partition coefficient (Wildman–Crippen LogP) is 4.16. The normalized spacial score (nSPS) is 11.1. The van der Waals surface area contributed by atoms with Crippen molar-refractivity contribution in [3.8, 4) is 17.0 Å². The Morgan fingerprint density at radius 2 is 2.06 bits per heavy atom. The van der Waals surface area contributed by atoms with E-state index >= 15 is 0 Å². The number of rotatable bonds is 5. The second-order valence-electron chi connectivity index (χ2n) is 6.47. The summed E-state index contributed by atoms with van der Waals surface area (Å²) >= 11 is 7.28. The van der Waals surface area contributed by atoms with Crippen LogP contribution >= 0.6 is 23.1 Å². The van der Waals surface area contributed by atoms with E-state index in [0.29, 0.717) is 22.6 Å². The fraction of sp³-hybridized carbons (Fsp3) is 0.143. The number of amides is 1. The molecule has 1 heterocycles. The lowest BCUT2D eigenvalue weighted by molar-refractivity contribution is 0.0977. The highest BCUT2D eigenvalue weighted by Gasteiger charge is 2.20. The van der Waals surface area contributed by atoms with Crippen molar-refractivity contribution in [1.29, 1.82) is 0 Å². The summed E-state index contributed by atoms with van der Waals surface area (Å²) < 4.78 is 9.58. The van der Waals surface area contributed by atoms with Crippen LogP contribution in [0, 0.1) is 13.5 Å². The van der Waals surface area contributed by atoms with E-state index in [4.69, 9.17) is 34.4 Å². The average Bonchev–Trinajstić information content (AvgIpc) is 3.16. The number of nitrogen functional groups attached to an aromatic ring is 1. The first-order chi connectivity index (χ1) is 14.8. The lowest BCUT2D eigenvalue weighted by atomic mass is 10.1. The number of aryl methyl sites for hydroxylation is 1. The molecule has 2 aromatic carbocycles. The van der Waals surface area contributed by atoms with Crippen LogP contribution in [0.5, 0.6) is 5.75 Å². The number of halogens is 1. The molecule has 3 rings (SSSR count). The molecule has 0 atom stereocenters. The summed E-state index contributed by atoms with van der Waals surface area (Å²) in [5.74, 6) is 0.242. The molecule has 0 aliphatic heterocycles. The zero-order valence-corrected chi connectivity index (χ0v) is 18.3. The maximum absolute atomic E-state index is 12.9. The van der Waals surface area contributed by atoms with Crippen molar-refractivity contribution in [3.63, 3.8) is 0 Å². The first kappa shape index (κ1) is 22.1. The summed E-state index contributed by atoms with van der Waals surface area (Å²) in [6.45, 7) is 9.10. The van der Waals surface area contributed by atoms with E-state index in [0.717, 1.165) is 10.4 Å². The number of ether oxygens (including phenoxy) is 1. The van der Waals surface area contributed by atoms with Crippen LogP contribution in [0.15, 0.2) is 41.4 Å². The van der Waals surface area contributed by atoms with Gasteiger partial charge >= 0.3 is 0 Å². The quantitative estimate of drug-likeness (QED) is 0.231. The molecule has 3 aromatic rings. The molecule has 0 radical (unpaired) electrons. The van der Waals surface area contributed by atoms with E-state index < -0.39 is 5.91 Å². The number of aromatic nitrogens is 1. The zero-order valence-electron chi connectivity index (χ0n) is 16.8. The molecule has 10 heteroatoms. The number of nitrogens with zero attached hydrogens (tertiary/aromatic N) is 3. The van der Waals surface area contributed by atoms with Gasteiger partial charge in [0.25, 0.3) is 5.91 Å². The number of nitrogens with two attached hydrogens (primary N) is 2. The molecule has 0 bridgehead atoms. The van der Waals surface area contributed by atoms with Crippen molar-refractivity contribution in [1.82, 2.24) is 9.69 Å². The minimum Gasteiger partial charge on any atom is -0.497 e. The molecule has 0 aliphatic carbocycles. The molecule has 0 saturated heterocycles. The van der Waals surface area contributed by atoms with Crippen LogP contribution in [0.2, 0.25) is 5.02 Å². The number of carbonyl (C=O) groups is 1. The molecular weight excluding hydrogens is 436 g/mol. The number of benzene rings is 2. The number of hydrogen-bond acceptors (Lipinski definition) is 6. The van der Waals surface area contributed by atoms with Gasteiger partial charge < -0.3 is 16.2 Å². The van der Waals surface area contributed by atoms with Crippen LogP contribution in [-0.4, -0.2) is 23.4 Å². The minimum atomic E-state index is -0.407. The van der Waals surface area contributed by atoms with Crippen LogP contribution in [0.25, 0.3) is 16.1 Å². The average molecular weight is 455 g/mol. The number of nitrogens with one attached hydrogen (secondary N) is 1. The van der Waals surface area contributed by atoms with E-state index in [-0.39, 0.29) is 28.9 Å². The fourth-order valence-electron chi connectivity index (χ4n) is 2.82. The molecule has 1 aromatic heterocycles. The Morgan fingerprint density at radius 1 is 1.35 bits per heavy atom. The summed E-state index contributed by atoms with van der Waals surface area (Å²) in [5.41, 5.74) is 14.5. The van der Waals surface area contributed by atoms with E-state index in [9.17, 15) is 4.79 Å². The van der Waals surface area contributed by atoms with Gasteiger partial charge in [0.1, 0.15) is 5.75 Å². The van der Waals surface area contributed by atoms with Gasteiger partial charge in [0.2, 0.25) is 5.69 Å². The first-order valence-electron chi connectivity index (χ1n) is 9.01. The third-order valence-corrected chi connectivity index (χ3v) is 5.48. The van der Waals surface area contributed by atoms with Gasteiger partial charge in [-0.1, -0.05) is 11.6 Å². The SMILES string of the molecule is [C-]#[N+]c1cc(CN=C(N)NC(=O)c2c(-c3ccc(OC)cc3)nsc2C)cc(Cl)c1N. The van der Waals surface area contributed by atoms with Crippen molar-refractivity contribution in [2.45, 2.75) is 13.5 Å². The standard InChI is InChI=1S/C21H19ClN6O2S/c1-11-17(19(28-31-11)13-4-6-14(30-3)7-5-13)20(29)27-21(24)26-10-12-8-15(22)18(23)16(9-12)25-2/h4-9H,10,23H2,1,3H3,(H3,24,26,27,29). The lowest BCUT2D eigenvalue weighted by Gasteiger charge is -2.08. The van der Waals surface area contributed by atoms with E-state index in [2.05, 4.69) is 19.5 Å². The fourth-order valence-corrected chi connectivity index (χ4v) is 3.76. The monoisotopic (exact) mass is 454 g/mol. The largest absolute Gasteiger partial charge is 0.497 e. The zero-order chi connectivity index (χ0) is 22.5. The second kappa shape index (κ2) is 9.47. The summed E-state index contributed by atoms with van der Waals surface area (Å²) in [6.07, 6.45) is 0. The van der Waals surface area contributed by atoms with Crippen LogP contribution in [0.1, 0.15) is 20.8 Å². The van der Waals surface area contributed by atoms with Crippen LogP contribution in [0.3, 0.4) is 0 Å². The molecule has 5 N–H and O–H groups in total. The third-order valence-electron chi connectivity index (χ3n) is 4.41. The van der Waals surface area contributed by atoms with Gasteiger partial charge in [-0.3, -0.25) is 10.1 Å². The highest BCUT2D eigenvalue weighted by atomic mass is 35.5. The van der Waals surface area contributed by atoms with Crippen LogP contribution in [0.4, 0.5) is 11.4 Å². The number of carbonyl (C=O) groups excluding carboxylic acids is 1. The van der Waals surface area contributed by atoms with Gasteiger partial charge in [-0.2, -0.15) is 4.37 Å². The Hall–Kier alpha value is -3.61. The van der Waals surface area contributed by atoms with Crippen molar-refractivity contribution in [2.24, 2.45) is 10.7 Å². The Kier molecular flexibility index (Phi) is 6.74. The first-order valence-corrected chi connectivity index (χ1v) is 10.2. The molecule has 0 saturated carbocycles. The van der Waals surface area contributed by atoms with E-state index in [1.807, 2.05) is 19.1 Å². The molecule has 0 unspecified atom stereocenters. The van der Waals surface area contributed by atoms with Gasteiger partial charge in [0.15, 0.2) is 5.96 Å². The highest BCUT2D eigenvalue weighted by Crippen LogP contribution is 2.32. The number of guanidine groups is 1. The molecule has 31 heavy (non-hydrogen) atoms. The Bertz CT molecular complexity index is 1200. The number of anilines is 1. The van der Waals surface area contributed by atoms with Gasteiger partial charge in [-0.25, -0.2) is 9.84 Å². The Balaban J connectivity index is 1.78.